The maximum Gasteiger partial charge on any atom is 0.331 e. The molecule has 0 aromatic rings. The van der Waals surface area contributed by atoms with Gasteiger partial charge in [-0.2, -0.15) is 0 Å². The Morgan fingerprint density at radius 1 is 1.18 bits per heavy atom. The second kappa shape index (κ2) is 8.80. The summed E-state index contributed by atoms with van der Waals surface area (Å²) in [6, 6.07) is 0. The Labute approximate surface area is 105 Å². The highest BCUT2D eigenvalue weighted by molar-refractivity contribution is 5.86. The highest BCUT2D eigenvalue weighted by Gasteiger charge is 2.10. The maximum atomic E-state index is 10.8. The molecule has 0 aliphatic rings. The smallest absolute Gasteiger partial charge is 0.331 e. The fraction of sp³-hybridized carbons (Fsp3) is 0.533. The average molecular weight is 236 g/mol. The summed E-state index contributed by atoms with van der Waals surface area (Å²) >= 11 is 0. The maximum absolute atomic E-state index is 10.8. The van der Waals surface area contributed by atoms with Crippen LogP contribution in [0.25, 0.3) is 0 Å². The van der Waals surface area contributed by atoms with Crippen LogP contribution >= 0.6 is 0 Å². The largest absolute Gasteiger partial charge is 0.478 e. The standard InChI is InChI=1S/C15H24O2/c1-5-6-7-8-9-10-11-12(2)13(3)14(4)15(16)17/h5-6,9-10,12H,7-8,11H2,1-4H3,(H,16,17). The Hall–Kier alpha value is -1.31. The van der Waals surface area contributed by atoms with Crippen LogP contribution in [0.5, 0.6) is 0 Å². The lowest BCUT2D eigenvalue weighted by atomic mass is 9.94. The van der Waals surface area contributed by atoms with E-state index in [4.69, 9.17) is 5.11 Å². The molecule has 0 fully saturated rings. The zero-order valence-electron chi connectivity index (χ0n) is 11.4. The first-order valence-electron chi connectivity index (χ1n) is 6.17. The van der Waals surface area contributed by atoms with Gasteiger partial charge in [-0.15, -0.1) is 0 Å². The number of allylic oxidation sites excluding steroid dienone is 5. The number of carboxylic acids is 1. The van der Waals surface area contributed by atoms with Crippen LogP contribution in [-0.2, 0) is 4.79 Å². The van der Waals surface area contributed by atoms with E-state index in [1.165, 1.54) is 0 Å². The van der Waals surface area contributed by atoms with Crippen LogP contribution in [0, 0.1) is 5.92 Å². The number of carboxylic acid groups (broad SMARTS) is 1. The van der Waals surface area contributed by atoms with Crippen molar-refractivity contribution >= 4 is 5.97 Å². The van der Waals surface area contributed by atoms with Crippen molar-refractivity contribution in [3.8, 4) is 0 Å². The van der Waals surface area contributed by atoms with E-state index in [2.05, 4.69) is 31.2 Å². The van der Waals surface area contributed by atoms with Crippen molar-refractivity contribution in [3.63, 3.8) is 0 Å². The Morgan fingerprint density at radius 2 is 1.76 bits per heavy atom. The lowest BCUT2D eigenvalue weighted by molar-refractivity contribution is -0.132. The van der Waals surface area contributed by atoms with Crippen molar-refractivity contribution in [2.45, 2.75) is 47.0 Å². The fourth-order valence-corrected chi connectivity index (χ4v) is 1.49. The summed E-state index contributed by atoms with van der Waals surface area (Å²) in [6.45, 7) is 7.67. The Kier molecular flexibility index (Phi) is 8.12. The monoisotopic (exact) mass is 236 g/mol. The van der Waals surface area contributed by atoms with Gasteiger partial charge >= 0.3 is 5.97 Å². The molecule has 0 rings (SSSR count). The van der Waals surface area contributed by atoms with Crippen molar-refractivity contribution < 1.29 is 9.90 Å². The van der Waals surface area contributed by atoms with Crippen molar-refractivity contribution in [1.29, 1.82) is 0 Å². The van der Waals surface area contributed by atoms with Crippen LogP contribution < -0.4 is 0 Å². The van der Waals surface area contributed by atoms with Gasteiger partial charge in [0.2, 0.25) is 0 Å². The predicted molar refractivity (Wildman–Crippen MR) is 73.0 cm³/mol. The third kappa shape index (κ3) is 6.77. The van der Waals surface area contributed by atoms with Crippen LogP contribution in [0.3, 0.4) is 0 Å². The first-order valence-corrected chi connectivity index (χ1v) is 6.17. The van der Waals surface area contributed by atoms with Crippen LogP contribution in [0.15, 0.2) is 35.5 Å². The van der Waals surface area contributed by atoms with Crippen molar-refractivity contribution in [2.75, 3.05) is 0 Å². The minimum Gasteiger partial charge on any atom is -0.478 e. The zero-order valence-corrected chi connectivity index (χ0v) is 11.4. The molecule has 0 aliphatic heterocycles. The van der Waals surface area contributed by atoms with E-state index in [9.17, 15) is 4.79 Å². The van der Waals surface area contributed by atoms with Gasteiger partial charge in [-0.1, -0.05) is 36.8 Å². The number of carbonyl (C=O) groups is 1. The first-order chi connectivity index (χ1) is 8.00. The molecule has 0 amide bonds. The number of hydrogen-bond donors (Lipinski definition) is 1. The molecule has 0 aromatic carbocycles. The van der Waals surface area contributed by atoms with Crippen LogP contribution in [-0.4, -0.2) is 11.1 Å². The van der Waals surface area contributed by atoms with E-state index in [1.807, 2.05) is 13.8 Å². The van der Waals surface area contributed by atoms with Crippen molar-refractivity contribution in [2.24, 2.45) is 5.92 Å². The summed E-state index contributed by atoms with van der Waals surface area (Å²) in [7, 11) is 0. The predicted octanol–water partition coefficient (Wildman–Crippen LogP) is 4.35. The normalized spacial score (nSPS) is 15.3. The molecule has 17 heavy (non-hydrogen) atoms. The molecule has 0 aliphatic carbocycles. The van der Waals surface area contributed by atoms with Gasteiger partial charge in [-0.3, -0.25) is 0 Å². The van der Waals surface area contributed by atoms with Crippen LogP contribution in [0.4, 0.5) is 0 Å². The lowest BCUT2D eigenvalue weighted by Crippen LogP contribution is -2.05. The van der Waals surface area contributed by atoms with Crippen molar-refractivity contribution in [1.82, 2.24) is 0 Å². The molecule has 2 heteroatoms. The Morgan fingerprint density at radius 3 is 2.29 bits per heavy atom. The average Bonchev–Trinajstić information content (AvgIpc) is 2.31. The highest BCUT2D eigenvalue weighted by Crippen LogP contribution is 2.18. The molecular weight excluding hydrogens is 212 g/mol. The summed E-state index contributed by atoms with van der Waals surface area (Å²) < 4.78 is 0. The molecule has 0 radical (unpaired) electrons. The van der Waals surface area contributed by atoms with Crippen LogP contribution in [0.2, 0.25) is 0 Å². The summed E-state index contributed by atoms with van der Waals surface area (Å²) in [4.78, 5) is 10.8. The van der Waals surface area contributed by atoms with Crippen molar-refractivity contribution in [3.05, 3.63) is 35.5 Å². The lowest BCUT2D eigenvalue weighted by Gasteiger charge is -2.11. The van der Waals surface area contributed by atoms with E-state index in [-0.39, 0.29) is 0 Å². The Balaban J connectivity index is 4.14. The zero-order chi connectivity index (χ0) is 13.3. The minimum atomic E-state index is -0.814. The number of rotatable bonds is 7. The number of hydrogen-bond acceptors (Lipinski definition) is 1. The minimum absolute atomic E-state index is 0.295. The van der Waals surface area contributed by atoms with Gasteiger partial charge in [-0.25, -0.2) is 4.79 Å². The topological polar surface area (TPSA) is 37.3 Å². The third-order valence-electron chi connectivity index (χ3n) is 3.04. The molecular formula is C15H24O2. The SMILES string of the molecule is CC=CCCC=CCC(C)C(C)=C(C)C(=O)O. The summed E-state index contributed by atoms with van der Waals surface area (Å²) in [5.41, 5.74) is 1.44. The summed E-state index contributed by atoms with van der Waals surface area (Å²) in [5, 5.41) is 8.89. The molecule has 0 aromatic heterocycles. The summed E-state index contributed by atoms with van der Waals surface area (Å²) in [5.74, 6) is -0.518. The summed E-state index contributed by atoms with van der Waals surface area (Å²) in [6.07, 6.45) is 11.5. The second-order valence-corrected chi connectivity index (χ2v) is 4.37. The van der Waals surface area contributed by atoms with Gasteiger partial charge in [0.1, 0.15) is 0 Å². The molecule has 1 atom stereocenters. The van der Waals surface area contributed by atoms with Gasteiger partial charge in [-0.05, 0) is 46.0 Å². The van der Waals surface area contributed by atoms with Gasteiger partial charge in [0.05, 0.1) is 0 Å². The Bertz CT molecular complexity index is 322. The molecule has 0 heterocycles. The molecule has 96 valence electrons. The molecule has 0 saturated heterocycles. The quantitative estimate of drug-likeness (QED) is 0.405. The molecule has 0 spiro atoms. The highest BCUT2D eigenvalue weighted by atomic mass is 16.4. The third-order valence-corrected chi connectivity index (χ3v) is 3.04. The van der Waals surface area contributed by atoms with Gasteiger partial charge in [0.15, 0.2) is 0 Å². The van der Waals surface area contributed by atoms with E-state index < -0.39 is 5.97 Å². The molecule has 1 N–H and O–H groups in total. The van der Waals surface area contributed by atoms with Gasteiger partial charge in [0, 0.05) is 5.57 Å². The second-order valence-electron chi connectivity index (χ2n) is 4.37. The first kappa shape index (κ1) is 15.7. The van der Waals surface area contributed by atoms with Gasteiger partial charge in [0.25, 0.3) is 0 Å². The van der Waals surface area contributed by atoms with E-state index in [0.29, 0.717) is 11.5 Å². The van der Waals surface area contributed by atoms with Gasteiger partial charge < -0.3 is 5.11 Å². The van der Waals surface area contributed by atoms with E-state index >= 15 is 0 Å². The van der Waals surface area contributed by atoms with E-state index in [1.54, 1.807) is 6.92 Å². The van der Waals surface area contributed by atoms with E-state index in [0.717, 1.165) is 24.8 Å². The van der Waals surface area contributed by atoms with Crippen LogP contribution in [0.1, 0.15) is 47.0 Å². The molecule has 1 unspecified atom stereocenters. The molecule has 2 nitrogen and oxygen atoms in total. The molecule has 0 bridgehead atoms. The molecule has 0 saturated carbocycles. The number of aliphatic carboxylic acids is 1. The number of unbranched alkanes of at least 4 members (excludes halogenated alkanes) is 1. The fourth-order valence-electron chi connectivity index (χ4n) is 1.49.